The lowest BCUT2D eigenvalue weighted by atomic mass is 10.3. The zero-order valence-corrected chi connectivity index (χ0v) is 6.43. The molecule has 12 heavy (non-hydrogen) atoms. The van der Waals surface area contributed by atoms with Gasteiger partial charge in [0, 0.05) is 0 Å². The molecule has 0 saturated heterocycles. The first-order valence-electron chi connectivity index (χ1n) is 3.45. The van der Waals surface area contributed by atoms with Crippen LogP contribution in [0, 0.1) is 0 Å². The topological polar surface area (TPSA) is 58.9 Å². The third-order valence-electron chi connectivity index (χ3n) is 1.28. The molecule has 1 aliphatic heterocycles. The molecule has 0 atom stereocenters. The minimum Gasteiger partial charge on any atom is -0.454 e. The molecule has 2 rings (SSSR count). The highest BCUT2D eigenvalue weighted by atomic mass is 16.7. The summed E-state index contributed by atoms with van der Waals surface area (Å²) in [5.41, 5.74) is 0. The lowest BCUT2D eigenvalue weighted by Crippen LogP contribution is -1.92. The van der Waals surface area contributed by atoms with Gasteiger partial charge in [-0.1, -0.05) is 12.1 Å². The molecular weight excluding hydrogens is 159 g/mol. The Balaban J connectivity index is 0.000000213. The second-order valence-corrected chi connectivity index (χ2v) is 1.99. The van der Waals surface area contributed by atoms with E-state index in [-0.39, 0.29) is 0 Å². The first kappa shape index (κ1) is 8.90. The van der Waals surface area contributed by atoms with E-state index in [0.29, 0.717) is 6.79 Å². The van der Waals surface area contributed by atoms with Gasteiger partial charge in [-0.25, -0.2) is 0 Å². The lowest BCUT2D eigenvalue weighted by molar-refractivity contribution is 0.174. The van der Waals surface area contributed by atoms with Crippen molar-refractivity contribution in [1.29, 1.82) is 0 Å². The van der Waals surface area contributed by atoms with E-state index in [1.54, 1.807) is 0 Å². The largest absolute Gasteiger partial charge is 0.454 e. The van der Waals surface area contributed by atoms with Gasteiger partial charge in [-0.2, -0.15) is 0 Å². The summed E-state index contributed by atoms with van der Waals surface area (Å²) in [6, 6.07) is 7.63. The molecule has 0 amide bonds. The van der Waals surface area contributed by atoms with Crippen LogP contribution in [-0.4, -0.2) is 24.5 Å². The second-order valence-electron chi connectivity index (χ2n) is 1.99. The van der Waals surface area contributed by atoms with Gasteiger partial charge in [-0.05, 0) is 12.1 Å². The van der Waals surface area contributed by atoms with Crippen molar-refractivity contribution in [2.24, 2.45) is 0 Å². The van der Waals surface area contributed by atoms with E-state index in [9.17, 15) is 0 Å². The Bertz CT molecular complexity index is 218. The van der Waals surface area contributed by atoms with Crippen molar-refractivity contribution in [2.45, 2.75) is 0 Å². The van der Waals surface area contributed by atoms with Gasteiger partial charge in [0.1, 0.15) is 0 Å². The summed E-state index contributed by atoms with van der Waals surface area (Å²) < 4.78 is 10.2. The van der Waals surface area contributed by atoms with Crippen LogP contribution >= 0.6 is 0 Å². The SMILES string of the molecule is OBO.c1ccc2c(c1)OCO2. The van der Waals surface area contributed by atoms with Crippen molar-refractivity contribution in [3.8, 4) is 11.5 Å². The van der Waals surface area contributed by atoms with Crippen LogP contribution in [0.3, 0.4) is 0 Å². The first-order chi connectivity index (χ1) is 5.88. The van der Waals surface area contributed by atoms with Crippen LogP contribution in [-0.2, 0) is 0 Å². The molecule has 0 aromatic heterocycles. The summed E-state index contributed by atoms with van der Waals surface area (Å²) in [5, 5.41) is 14.2. The molecule has 2 N–H and O–H groups in total. The van der Waals surface area contributed by atoms with Crippen LogP contribution < -0.4 is 9.47 Å². The molecule has 1 aliphatic rings. The fourth-order valence-electron chi connectivity index (χ4n) is 0.845. The van der Waals surface area contributed by atoms with E-state index in [2.05, 4.69) is 0 Å². The van der Waals surface area contributed by atoms with Crippen LogP contribution in [0.15, 0.2) is 24.3 Å². The number of benzene rings is 1. The first-order valence-corrected chi connectivity index (χ1v) is 3.45. The van der Waals surface area contributed by atoms with E-state index in [1.807, 2.05) is 24.3 Å². The molecule has 0 aliphatic carbocycles. The molecule has 5 heteroatoms. The highest BCUT2D eigenvalue weighted by Crippen LogP contribution is 2.30. The van der Waals surface area contributed by atoms with E-state index < -0.39 is 7.69 Å². The van der Waals surface area contributed by atoms with Crippen LogP contribution in [0.25, 0.3) is 0 Å². The molecule has 0 fully saturated rings. The van der Waals surface area contributed by atoms with E-state index in [1.165, 1.54) is 0 Å². The summed E-state index contributed by atoms with van der Waals surface area (Å²) in [6.07, 6.45) is 0. The molecule has 64 valence electrons. The molecular formula is C7H9BO4. The Morgan fingerprint density at radius 3 is 1.92 bits per heavy atom. The number of ether oxygens (including phenoxy) is 2. The molecule has 0 radical (unpaired) electrons. The van der Waals surface area contributed by atoms with Gasteiger partial charge in [0.05, 0.1) is 0 Å². The molecule has 0 bridgehead atoms. The van der Waals surface area contributed by atoms with Crippen molar-refractivity contribution in [3.05, 3.63) is 24.3 Å². The Kier molecular flexibility index (Phi) is 3.44. The smallest absolute Gasteiger partial charge is 0.432 e. The normalized spacial score (nSPS) is 11.5. The summed E-state index contributed by atoms with van der Waals surface area (Å²) in [6.45, 7) is 0.360. The third-order valence-corrected chi connectivity index (χ3v) is 1.28. The summed E-state index contributed by atoms with van der Waals surface area (Å²) in [5.74, 6) is 1.69. The standard InChI is InChI=1S/C7H6O2.BH3O2/c1-2-4-7-6(3-1)8-5-9-7;2-1-3/h1-4H,5H2;1-3H. The molecule has 0 saturated carbocycles. The summed E-state index contributed by atoms with van der Waals surface area (Å²) >= 11 is 0. The molecule has 1 aromatic rings. The number of fused-ring (bicyclic) bond motifs is 1. The van der Waals surface area contributed by atoms with Gasteiger partial charge in [-0.15, -0.1) is 0 Å². The average molecular weight is 168 g/mol. The minimum atomic E-state index is -0.750. The van der Waals surface area contributed by atoms with Gasteiger partial charge in [-0.3, -0.25) is 0 Å². The molecule has 0 spiro atoms. The quantitative estimate of drug-likeness (QED) is 0.520. The minimum absolute atomic E-state index is 0.360. The van der Waals surface area contributed by atoms with Gasteiger partial charge < -0.3 is 19.5 Å². The number of hydrogen-bond donors (Lipinski definition) is 2. The van der Waals surface area contributed by atoms with Crippen molar-refractivity contribution in [2.75, 3.05) is 6.79 Å². The lowest BCUT2D eigenvalue weighted by Gasteiger charge is -1.89. The highest BCUT2D eigenvalue weighted by molar-refractivity contribution is 6.13. The number of hydrogen-bond acceptors (Lipinski definition) is 4. The molecule has 1 aromatic carbocycles. The summed E-state index contributed by atoms with van der Waals surface area (Å²) in [4.78, 5) is 0. The van der Waals surface area contributed by atoms with Gasteiger partial charge in [0.15, 0.2) is 11.5 Å². The van der Waals surface area contributed by atoms with Crippen molar-refractivity contribution < 1.29 is 19.5 Å². The predicted octanol–water partition coefficient (Wildman–Crippen LogP) is -0.347. The van der Waals surface area contributed by atoms with Crippen LogP contribution in [0.2, 0.25) is 0 Å². The van der Waals surface area contributed by atoms with Crippen LogP contribution in [0.4, 0.5) is 0 Å². The van der Waals surface area contributed by atoms with Gasteiger partial charge in [0.25, 0.3) is 0 Å². The zero-order valence-electron chi connectivity index (χ0n) is 6.43. The van der Waals surface area contributed by atoms with Crippen molar-refractivity contribution in [3.63, 3.8) is 0 Å². The molecule has 1 heterocycles. The van der Waals surface area contributed by atoms with Gasteiger partial charge >= 0.3 is 7.69 Å². The Hall–Kier alpha value is -1.20. The van der Waals surface area contributed by atoms with E-state index in [4.69, 9.17) is 19.5 Å². The van der Waals surface area contributed by atoms with E-state index in [0.717, 1.165) is 11.5 Å². The molecule has 4 nitrogen and oxygen atoms in total. The average Bonchev–Trinajstić information content (AvgIpc) is 2.52. The van der Waals surface area contributed by atoms with Crippen molar-refractivity contribution >= 4 is 7.69 Å². The maximum absolute atomic E-state index is 7.12. The highest BCUT2D eigenvalue weighted by Gasteiger charge is 2.09. The fraction of sp³-hybridized carbons (Fsp3) is 0.143. The number of para-hydroxylation sites is 2. The Morgan fingerprint density at radius 2 is 1.50 bits per heavy atom. The van der Waals surface area contributed by atoms with Crippen molar-refractivity contribution in [1.82, 2.24) is 0 Å². The van der Waals surface area contributed by atoms with Gasteiger partial charge in [0.2, 0.25) is 6.79 Å². The monoisotopic (exact) mass is 168 g/mol. The maximum Gasteiger partial charge on any atom is 0.432 e. The molecule has 0 unspecified atom stereocenters. The second kappa shape index (κ2) is 4.64. The van der Waals surface area contributed by atoms with Crippen LogP contribution in [0.5, 0.6) is 11.5 Å². The van der Waals surface area contributed by atoms with E-state index >= 15 is 0 Å². The summed E-state index contributed by atoms with van der Waals surface area (Å²) in [7, 11) is -0.750. The number of rotatable bonds is 0. The Morgan fingerprint density at radius 1 is 1.08 bits per heavy atom. The Labute approximate surface area is 70.7 Å². The zero-order chi connectivity index (χ0) is 8.81. The maximum atomic E-state index is 7.12. The fourth-order valence-corrected chi connectivity index (χ4v) is 0.845. The van der Waals surface area contributed by atoms with Crippen LogP contribution in [0.1, 0.15) is 0 Å². The third kappa shape index (κ3) is 2.15. The predicted molar refractivity (Wildman–Crippen MR) is 44.2 cm³/mol.